The van der Waals surface area contributed by atoms with Gasteiger partial charge in [0.25, 0.3) is 10.0 Å². The van der Waals surface area contributed by atoms with E-state index in [2.05, 4.69) is 4.98 Å². The molecule has 0 fully saturated rings. The summed E-state index contributed by atoms with van der Waals surface area (Å²) in [6, 6.07) is 7.50. The van der Waals surface area contributed by atoms with Gasteiger partial charge in [-0.3, -0.25) is 4.31 Å². The molecule has 1 aromatic heterocycles. The van der Waals surface area contributed by atoms with Crippen LogP contribution in [0.3, 0.4) is 0 Å². The second-order valence-corrected chi connectivity index (χ2v) is 7.95. The number of anilines is 2. The summed E-state index contributed by atoms with van der Waals surface area (Å²) in [6.45, 7) is 3.59. The van der Waals surface area contributed by atoms with Gasteiger partial charge in [0.15, 0.2) is 9.34 Å². The lowest BCUT2D eigenvalue weighted by atomic mass is 10.1. The molecule has 20 heavy (non-hydrogen) atoms. The zero-order valence-corrected chi connectivity index (χ0v) is 12.8. The summed E-state index contributed by atoms with van der Waals surface area (Å²) < 4.78 is 27.5. The third-order valence-electron chi connectivity index (χ3n) is 3.41. The van der Waals surface area contributed by atoms with Gasteiger partial charge in [0.2, 0.25) is 0 Å². The highest BCUT2D eigenvalue weighted by Crippen LogP contribution is 2.38. The van der Waals surface area contributed by atoms with E-state index in [-0.39, 0.29) is 15.4 Å². The molecule has 0 saturated carbocycles. The van der Waals surface area contributed by atoms with Crippen LogP contribution in [0.2, 0.25) is 0 Å². The molecule has 7 heteroatoms. The van der Waals surface area contributed by atoms with Crippen molar-refractivity contribution < 1.29 is 8.42 Å². The molecule has 0 radical (unpaired) electrons. The lowest BCUT2D eigenvalue weighted by Crippen LogP contribution is -2.35. The Morgan fingerprint density at radius 3 is 2.75 bits per heavy atom. The molecule has 0 saturated heterocycles. The van der Waals surface area contributed by atoms with Gasteiger partial charge in [0.05, 0.1) is 11.4 Å². The number of para-hydroxylation sites is 1. The molecule has 5 nitrogen and oxygen atoms in total. The molecule has 1 aliphatic heterocycles. The van der Waals surface area contributed by atoms with Crippen molar-refractivity contribution in [2.75, 3.05) is 10.0 Å². The molecule has 106 valence electrons. The second-order valence-electron chi connectivity index (χ2n) is 4.91. The van der Waals surface area contributed by atoms with Crippen LogP contribution in [0.1, 0.15) is 18.2 Å². The number of hydrogen-bond donors (Lipinski definition) is 1. The number of thiazole rings is 1. The highest BCUT2D eigenvalue weighted by Gasteiger charge is 2.37. The average molecular weight is 309 g/mol. The molecule has 1 aliphatic rings. The molecule has 1 aromatic carbocycles. The van der Waals surface area contributed by atoms with Crippen LogP contribution < -0.4 is 10.0 Å². The molecular formula is C13H15N3O2S2. The Morgan fingerprint density at radius 1 is 1.40 bits per heavy atom. The molecule has 0 aliphatic carbocycles. The van der Waals surface area contributed by atoms with Gasteiger partial charge >= 0.3 is 0 Å². The molecule has 1 unspecified atom stereocenters. The van der Waals surface area contributed by atoms with Crippen molar-refractivity contribution in [2.45, 2.75) is 30.5 Å². The van der Waals surface area contributed by atoms with Crippen molar-refractivity contribution in [3.63, 3.8) is 0 Å². The molecule has 2 aromatic rings. The quantitative estimate of drug-likeness (QED) is 0.922. The van der Waals surface area contributed by atoms with E-state index in [1.165, 1.54) is 4.31 Å². The summed E-state index contributed by atoms with van der Waals surface area (Å²) in [5.74, 6) is 0. The fourth-order valence-electron chi connectivity index (χ4n) is 2.63. The number of nitrogen functional groups attached to an aromatic ring is 1. The van der Waals surface area contributed by atoms with Crippen LogP contribution in [-0.2, 0) is 16.4 Å². The van der Waals surface area contributed by atoms with Crippen LogP contribution in [0, 0.1) is 6.92 Å². The predicted octanol–water partition coefficient (Wildman–Crippen LogP) is 2.17. The number of rotatable bonds is 2. The number of nitrogens with zero attached hydrogens (tertiary/aromatic N) is 2. The van der Waals surface area contributed by atoms with Crippen molar-refractivity contribution >= 4 is 32.2 Å². The van der Waals surface area contributed by atoms with E-state index in [9.17, 15) is 8.42 Å². The number of aryl methyl sites for hydroxylation is 1. The van der Waals surface area contributed by atoms with E-state index in [1.54, 1.807) is 6.92 Å². The third kappa shape index (κ3) is 1.89. The van der Waals surface area contributed by atoms with Crippen molar-refractivity contribution in [1.82, 2.24) is 4.98 Å². The SMILES string of the molecule is Cc1nc(N)sc1S(=O)(=O)N1c2ccccc2CC1C. The maximum atomic E-state index is 12.9. The lowest BCUT2D eigenvalue weighted by Gasteiger charge is -2.23. The fraction of sp³-hybridized carbons (Fsp3) is 0.308. The van der Waals surface area contributed by atoms with E-state index in [1.807, 2.05) is 31.2 Å². The predicted molar refractivity (Wildman–Crippen MR) is 80.5 cm³/mol. The van der Waals surface area contributed by atoms with Gasteiger partial charge in [-0.1, -0.05) is 29.5 Å². The Hall–Kier alpha value is -1.60. The first-order valence-electron chi connectivity index (χ1n) is 6.26. The van der Waals surface area contributed by atoms with Gasteiger partial charge in [0, 0.05) is 6.04 Å². The van der Waals surface area contributed by atoms with E-state index >= 15 is 0 Å². The molecule has 2 N–H and O–H groups in total. The number of benzene rings is 1. The maximum absolute atomic E-state index is 12.9. The number of nitrogens with two attached hydrogens (primary N) is 1. The van der Waals surface area contributed by atoms with E-state index in [0.29, 0.717) is 5.69 Å². The van der Waals surface area contributed by atoms with Crippen LogP contribution in [0.4, 0.5) is 10.8 Å². The summed E-state index contributed by atoms with van der Waals surface area (Å²) in [5, 5.41) is 0.279. The third-order valence-corrected chi connectivity index (χ3v) is 6.91. The van der Waals surface area contributed by atoms with E-state index in [0.717, 1.165) is 29.0 Å². The van der Waals surface area contributed by atoms with Gasteiger partial charge in [-0.2, -0.15) is 0 Å². The van der Waals surface area contributed by atoms with Crippen molar-refractivity contribution in [1.29, 1.82) is 0 Å². The highest BCUT2D eigenvalue weighted by molar-refractivity contribution is 7.95. The van der Waals surface area contributed by atoms with E-state index in [4.69, 9.17) is 5.73 Å². The first kappa shape index (κ1) is 13.4. The topological polar surface area (TPSA) is 76.3 Å². The molecule has 0 amide bonds. The van der Waals surface area contributed by atoms with Crippen LogP contribution in [-0.4, -0.2) is 19.4 Å². The summed E-state index contributed by atoms with van der Waals surface area (Å²) in [5.41, 5.74) is 7.90. The number of fused-ring (bicyclic) bond motifs is 1. The monoisotopic (exact) mass is 309 g/mol. The zero-order valence-electron chi connectivity index (χ0n) is 11.2. The van der Waals surface area contributed by atoms with Gasteiger partial charge in [0.1, 0.15) is 0 Å². The fourth-order valence-corrected chi connectivity index (χ4v) is 5.70. The smallest absolute Gasteiger partial charge is 0.276 e. The summed E-state index contributed by atoms with van der Waals surface area (Å²) in [6.07, 6.45) is 0.725. The molecule has 1 atom stereocenters. The van der Waals surface area contributed by atoms with Crippen molar-refractivity contribution in [3.05, 3.63) is 35.5 Å². The second kappa shape index (κ2) is 4.46. The van der Waals surface area contributed by atoms with Crippen LogP contribution in [0.25, 0.3) is 0 Å². The molecular weight excluding hydrogens is 294 g/mol. The van der Waals surface area contributed by atoms with Crippen molar-refractivity contribution in [2.24, 2.45) is 0 Å². The molecule has 0 bridgehead atoms. The zero-order chi connectivity index (χ0) is 14.5. The maximum Gasteiger partial charge on any atom is 0.276 e. The number of aromatic nitrogens is 1. The van der Waals surface area contributed by atoms with Gasteiger partial charge in [-0.05, 0) is 31.9 Å². The lowest BCUT2D eigenvalue weighted by molar-refractivity contribution is 0.585. The minimum absolute atomic E-state index is 0.0971. The van der Waals surface area contributed by atoms with Gasteiger partial charge < -0.3 is 5.73 Å². The Labute approximate surface area is 122 Å². The van der Waals surface area contributed by atoms with Gasteiger partial charge in [-0.25, -0.2) is 13.4 Å². The van der Waals surface area contributed by atoms with Crippen LogP contribution in [0.15, 0.2) is 28.5 Å². The summed E-state index contributed by atoms with van der Waals surface area (Å²) in [4.78, 5) is 4.02. The number of hydrogen-bond acceptors (Lipinski definition) is 5. The Morgan fingerprint density at radius 2 is 2.10 bits per heavy atom. The first-order chi connectivity index (χ1) is 9.41. The van der Waals surface area contributed by atoms with E-state index < -0.39 is 10.0 Å². The minimum atomic E-state index is -3.60. The average Bonchev–Trinajstić information content (AvgIpc) is 2.88. The minimum Gasteiger partial charge on any atom is -0.375 e. The first-order valence-corrected chi connectivity index (χ1v) is 8.52. The Kier molecular flexibility index (Phi) is 2.98. The van der Waals surface area contributed by atoms with Crippen molar-refractivity contribution in [3.8, 4) is 0 Å². The standard InChI is InChI=1S/C13H15N3O2S2/c1-8-7-10-5-3-4-6-11(10)16(8)20(17,18)12-9(2)15-13(14)19-12/h3-6,8H,7H2,1-2H3,(H2,14,15). The summed E-state index contributed by atoms with van der Waals surface area (Å²) >= 11 is 1.02. The molecule has 2 heterocycles. The van der Waals surface area contributed by atoms with Gasteiger partial charge in [-0.15, -0.1) is 0 Å². The van der Waals surface area contributed by atoms with Crippen LogP contribution in [0.5, 0.6) is 0 Å². The molecule has 3 rings (SSSR count). The molecule has 0 spiro atoms. The summed E-state index contributed by atoms with van der Waals surface area (Å²) in [7, 11) is -3.60. The largest absolute Gasteiger partial charge is 0.375 e. The van der Waals surface area contributed by atoms with Crippen LogP contribution >= 0.6 is 11.3 Å². The number of sulfonamides is 1. The normalized spacial score (nSPS) is 18.3. The Bertz CT molecular complexity index is 768. The Balaban J connectivity index is 2.15. The highest BCUT2D eigenvalue weighted by atomic mass is 32.2.